The lowest BCUT2D eigenvalue weighted by Crippen LogP contribution is -2.25. The Hall–Kier alpha value is -2.17. The molecule has 100 valence electrons. The Labute approximate surface area is 111 Å². The highest BCUT2D eigenvalue weighted by molar-refractivity contribution is 5.93. The number of aryl methyl sites for hydroxylation is 2. The Morgan fingerprint density at radius 2 is 2.11 bits per heavy atom. The highest BCUT2D eigenvalue weighted by Crippen LogP contribution is 2.18. The zero-order valence-electron chi connectivity index (χ0n) is 11.1. The number of hydrogen-bond acceptors (Lipinski definition) is 2. The summed E-state index contributed by atoms with van der Waals surface area (Å²) in [6.45, 7) is 5.43. The highest BCUT2D eigenvalue weighted by atomic mass is 19.1. The van der Waals surface area contributed by atoms with E-state index < -0.39 is 11.9 Å². The standard InChI is InChI=1S/C14H16FN3O/c1-9-4-5-12(15)13(8-9)17-14(19)11(3)18-10(2)6-7-16-18/h4-8,11H,1-3H3,(H,17,19). The molecule has 0 bridgehead atoms. The maximum Gasteiger partial charge on any atom is 0.249 e. The number of amides is 1. The van der Waals surface area contributed by atoms with Crippen LogP contribution in [0.4, 0.5) is 10.1 Å². The van der Waals surface area contributed by atoms with Gasteiger partial charge >= 0.3 is 0 Å². The van der Waals surface area contributed by atoms with Crippen LogP contribution >= 0.6 is 0 Å². The molecule has 19 heavy (non-hydrogen) atoms. The molecule has 0 fully saturated rings. The second-order valence-corrected chi connectivity index (χ2v) is 4.57. The van der Waals surface area contributed by atoms with Gasteiger partial charge in [-0.15, -0.1) is 0 Å². The summed E-state index contributed by atoms with van der Waals surface area (Å²) in [7, 11) is 0. The largest absolute Gasteiger partial charge is 0.322 e. The summed E-state index contributed by atoms with van der Waals surface area (Å²) < 4.78 is 15.2. The van der Waals surface area contributed by atoms with Crippen LogP contribution in [0.5, 0.6) is 0 Å². The number of nitrogens with zero attached hydrogens (tertiary/aromatic N) is 2. The number of anilines is 1. The first-order valence-electron chi connectivity index (χ1n) is 6.06. The Morgan fingerprint density at radius 3 is 2.74 bits per heavy atom. The third-order valence-corrected chi connectivity index (χ3v) is 2.99. The van der Waals surface area contributed by atoms with Gasteiger partial charge < -0.3 is 5.32 Å². The van der Waals surface area contributed by atoms with Crippen molar-refractivity contribution in [2.75, 3.05) is 5.32 Å². The molecule has 0 saturated carbocycles. The van der Waals surface area contributed by atoms with Crippen LogP contribution in [0.2, 0.25) is 0 Å². The van der Waals surface area contributed by atoms with E-state index in [4.69, 9.17) is 0 Å². The molecule has 2 rings (SSSR count). The Kier molecular flexibility index (Phi) is 3.64. The topological polar surface area (TPSA) is 46.9 Å². The lowest BCUT2D eigenvalue weighted by atomic mass is 10.2. The number of carbonyl (C=O) groups excluding carboxylic acids is 1. The number of nitrogens with one attached hydrogen (secondary N) is 1. The fourth-order valence-corrected chi connectivity index (χ4v) is 1.87. The molecule has 1 amide bonds. The minimum absolute atomic E-state index is 0.196. The van der Waals surface area contributed by atoms with E-state index in [9.17, 15) is 9.18 Å². The molecule has 0 aliphatic carbocycles. The minimum atomic E-state index is -0.491. The number of halogens is 1. The summed E-state index contributed by atoms with van der Waals surface area (Å²) in [5, 5.41) is 6.67. The van der Waals surface area contributed by atoms with E-state index in [2.05, 4.69) is 10.4 Å². The van der Waals surface area contributed by atoms with Crippen molar-refractivity contribution >= 4 is 11.6 Å². The minimum Gasteiger partial charge on any atom is -0.322 e. The van der Waals surface area contributed by atoms with E-state index in [1.807, 2.05) is 19.9 Å². The number of benzene rings is 1. The van der Waals surface area contributed by atoms with E-state index in [-0.39, 0.29) is 11.6 Å². The molecule has 0 saturated heterocycles. The second-order valence-electron chi connectivity index (χ2n) is 4.57. The molecule has 1 N–H and O–H groups in total. The van der Waals surface area contributed by atoms with Gasteiger partial charge in [-0.3, -0.25) is 9.48 Å². The van der Waals surface area contributed by atoms with E-state index >= 15 is 0 Å². The van der Waals surface area contributed by atoms with Gasteiger partial charge in [0.1, 0.15) is 11.9 Å². The van der Waals surface area contributed by atoms with Crippen molar-refractivity contribution < 1.29 is 9.18 Å². The predicted octanol–water partition coefficient (Wildman–Crippen LogP) is 2.84. The van der Waals surface area contributed by atoms with Crippen LogP contribution in [0.3, 0.4) is 0 Å². The maximum atomic E-state index is 13.6. The molecule has 2 aromatic rings. The zero-order chi connectivity index (χ0) is 14.0. The van der Waals surface area contributed by atoms with Gasteiger partial charge in [0.15, 0.2) is 0 Å². The molecular formula is C14H16FN3O. The molecule has 1 unspecified atom stereocenters. The normalized spacial score (nSPS) is 12.2. The summed E-state index contributed by atoms with van der Waals surface area (Å²) >= 11 is 0. The fraction of sp³-hybridized carbons (Fsp3) is 0.286. The van der Waals surface area contributed by atoms with Gasteiger partial charge in [-0.1, -0.05) is 6.07 Å². The number of hydrogen-bond donors (Lipinski definition) is 1. The summed E-state index contributed by atoms with van der Waals surface area (Å²) in [6, 6.07) is 5.93. The molecule has 1 aromatic heterocycles. The molecule has 0 spiro atoms. The van der Waals surface area contributed by atoms with Crippen molar-refractivity contribution in [1.29, 1.82) is 0 Å². The quantitative estimate of drug-likeness (QED) is 0.923. The lowest BCUT2D eigenvalue weighted by Gasteiger charge is -2.15. The average molecular weight is 261 g/mol. The van der Waals surface area contributed by atoms with Gasteiger partial charge in [-0.25, -0.2) is 4.39 Å². The van der Waals surface area contributed by atoms with Crippen LogP contribution in [-0.2, 0) is 4.79 Å². The third kappa shape index (κ3) is 2.81. The maximum absolute atomic E-state index is 13.6. The molecule has 1 atom stereocenters. The molecule has 5 heteroatoms. The summed E-state index contributed by atoms with van der Waals surface area (Å²) in [5.74, 6) is -0.736. The van der Waals surface area contributed by atoms with Crippen LogP contribution < -0.4 is 5.32 Å². The molecule has 0 aliphatic rings. The molecule has 0 aliphatic heterocycles. The average Bonchev–Trinajstić information content (AvgIpc) is 2.79. The SMILES string of the molecule is Cc1ccc(F)c(NC(=O)C(C)n2nccc2C)c1. The predicted molar refractivity (Wildman–Crippen MR) is 71.4 cm³/mol. The highest BCUT2D eigenvalue weighted by Gasteiger charge is 2.18. The van der Waals surface area contributed by atoms with Crippen LogP contribution in [0.1, 0.15) is 24.2 Å². The van der Waals surface area contributed by atoms with Crippen molar-refractivity contribution in [3.8, 4) is 0 Å². The Balaban J connectivity index is 2.17. The lowest BCUT2D eigenvalue weighted by molar-refractivity contribution is -0.119. The van der Waals surface area contributed by atoms with Gasteiger partial charge in [-0.05, 0) is 44.5 Å². The van der Waals surface area contributed by atoms with Crippen molar-refractivity contribution in [1.82, 2.24) is 9.78 Å². The molecular weight excluding hydrogens is 245 g/mol. The number of carbonyl (C=O) groups is 1. The van der Waals surface area contributed by atoms with E-state index in [1.165, 1.54) is 6.07 Å². The van der Waals surface area contributed by atoms with Gasteiger partial charge in [0.25, 0.3) is 0 Å². The fourth-order valence-electron chi connectivity index (χ4n) is 1.87. The van der Waals surface area contributed by atoms with Crippen LogP contribution in [-0.4, -0.2) is 15.7 Å². The molecule has 1 heterocycles. The molecule has 1 aromatic carbocycles. The third-order valence-electron chi connectivity index (χ3n) is 2.99. The van der Waals surface area contributed by atoms with E-state index in [0.29, 0.717) is 0 Å². The summed E-state index contributed by atoms with van der Waals surface area (Å²) in [4.78, 5) is 12.1. The van der Waals surface area contributed by atoms with Gasteiger partial charge in [0, 0.05) is 11.9 Å². The van der Waals surface area contributed by atoms with E-state index in [1.54, 1.807) is 29.9 Å². The first-order valence-corrected chi connectivity index (χ1v) is 6.06. The van der Waals surface area contributed by atoms with E-state index in [0.717, 1.165) is 11.3 Å². The van der Waals surface area contributed by atoms with Crippen molar-refractivity contribution in [3.05, 3.63) is 47.5 Å². The monoisotopic (exact) mass is 261 g/mol. The Morgan fingerprint density at radius 1 is 1.37 bits per heavy atom. The van der Waals surface area contributed by atoms with Crippen molar-refractivity contribution in [3.63, 3.8) is 0 Å². The smallest absolute Gasteiger partial charge is 0.249 e. The first-order chi connectivity index (χ1) is 8.99. The van der Waals surface area contributed by atoms with Crippen LogP contribution in [0.15, 0.2) is 30.5 Å². The number of rotatable bonds is 3. The van der Waals surface area contributed by atoms with Gasteiger partial charge in [-0.2, -0.15) is 5.10 Å². The first kappa shape index (κ1) is 13.3. The second kappa shape index (κ2) is 5.22. The summed E-state index contributed by atoms with van der Waals surface area (Å²) in [5.41, 5.74) is 1.97. The van der Waals surface area contributed by atoms with Crippen molar-refractivity contribution in [2.45, 2.75) is 26.8 Å². The van der Waals surface area contributed by atoms with Crippen LogP contribution in [0.25, 0.3) is 0 Å². The molecule has 4 nitrogen and oxygen atoms in total. The van der Waals surface area contributed by atoms with Gasteiger partial charge in [0.05, 0.1) is 5.69 Å². The molecule has 0 radical (unpaired) electrons. The van der Waals surface area contributed by atoms with Crippen molar-refractivity contribution in [2.24, 2.45) is 0 Å². The Bertz CT molecular complexity index is 606. The zero-order valence-corrected chi connectivity index (χ0v) is 11.1. The summed E-state index contributed by atoms with van der Waals surface area (Å²) in [6.07, 6.45) is 1.63. The van der Waals surface area contributed by atoms with Gasteiger partial charge in [0.2, 0.25) is 5.91 Å². The van der Waals surface area contributed by atoms with Crippen LogP contribution in [0, 0.1) is 19.7 Å². The number of aromatic nitrogens is 2.